The van der Waals surface area contributed by atoms with E-state index in [1.807, 2.05) is 0 Å². The molecule has 2 atom stereocenters. The van der Waals surface area contributed by atoms with Gasteiger partial charge in [0.05, 0.1) is 0 Å². The SMILES string of the molecule is CN(C)C(=O)CC[C@H](NC(=O)[C@H](CC1CCCCC1)NC(=O)OCc1cccc(Cl)c1)C(=O)O. The molecule has 0 spiro atoms. The summed E-state index contributed by atoms with van der Waals surface area (Å²) in [6.07, 6.45) is 4.70. The van der Waals surface area contributed by atoms with Gasteiger partial charge in [-0.3, -0.25) is 9.59 Å². The first-order valence-electron chi connectivity index (χ1n) is 11.6. The molecule has 0 aliphatic heterocycles. The average molecular weight is 496 g/mol. The number of halogens is 1. The smallest absolute Gasteiger partial charge is 0.408 e. The van der Waals surface area contributed by atoms with Crippen LogP contribution in [-0.2, 0) is 25.7 Å². The molecule has 0 saturated heterocycles. The summed E-state index contributed by atoms with van der Waals surface area (Å²) in [5.41, 5.74) is 0.701. The number of rotatable bonds is 11. The maximum atomic E-state index is 13.0. The lowest BCUT2D eigenvalue weighted by molar-refractivity contribution is -0.142. The first-order valence-corrected chi connectivity index (χ1v) is 11.9. The highest BCUT2D eigenvalue weighted by molar-refractivity contribution is 6.30. The number of alkyl carbamates (subject to hydrolysis) is 1. The third-order valence-corrected chi connectivity index (χ3v) is 6.16. The molecule has 0 bridgehead atoms. The molecule has 34 heavy (non-hydrogen) atoms. The van der Waals surface area contributed by atoms with Gasteiger partial charge in [-0.15, -0.1) is 0 Å². The molecule has 3 N–H and O–H groups in total. The van der Waals surface area contributed by atoms with Crippen molar-refractivity contribution >= 4 is 35.5 Å². The van der Waals surface area contributed by atoms with Gasteiger partial charge in [-0.25, -0.2) is 9.59 Å². The maximum absolute atomic E-state index is 13.0. The Labute approximate surface area is 205 Å². The van der Waals surface area contributed by atoms with Gasteiger partial charge >= 0.3 is 12.1 Å². The third-order valence-electron chi connectivity index (χ3n) is 5.92. The quantitative estimate of drug-likeness (QED) is 0.432. The Bertz CT molecular complexity index is 857. The van der Waals surface area contributed by atoms with Crippen molar-refractivity contribution in [2.45, 2.75) is 70.1 Å². The molecule has 3 amide bonds. The van der Waals surface area contributed by atoms with E-state index in [1.165, 1.54) is 4.90 Å². The van der Waals surface area contributed by atoms with Crippen LogP contribution >= 0.6 is 11.6 Å². The van der Waals surface area contributed by atoms with E-state index in [0.29, 0.717) is 17.0 Å². The van der Waals surface area contributed by atoms with Gasteiger partial charge in [0.25, 0.3) is 0 Å². The number of carbonyl (C=O) groups excluding carboxylic acids is 3. The Morgan fingerprint density at radius 1 is 1.12 bits per heavy atom. The van der Waals surface area contributed by atoms with E-state index in [-0.39, 0.29) is 31.3 Å². The summed E-state index contributed by atoms with van der Waals surface area (Å²) < 4.78 is 5.26. The predicted octanol–water partition coefficient (Wildman–Crippen LogP) is 3.34. The van der Waals surface area contributed by atoms with E-state index in [0.717, 1.165) is 32.1 Å². The van der Waals surface area contributed by atoms with Crippen molar-refractivity contribution in [3.63, 3.8) is 0 Å². The summed E-state index contributed by atoms with van der Waals surface area (Å²) in [7, 11) is 3.16. The number of ether oxygens (including phenoxy) is 1. The molecule has 1 aliphatic rings. The molecule has 1 aliphatic carbocycles. The number of aliphatic carboxylic acids is 1. The molecular weight excluding hydrogens is 462 g/mol. The van der Waals surface area contributed by atoms with Crippen molar-refractivity contribution in [2.75, 3.05) is 14.1 Å². The van der Waals surface area contributed by atoms with E-state index in [2.05, 4.69) is 10.6 Å². The number of carboxylic acids is 1. The van der Waals surface area contributed by atoms with Gasteiger partial charge in [-0.2, -0.15) is 0 Å². The highest BCUT2D eigenvalue weighted by Gasteiger charge is 2.30. The van der Waals surface area contributed by atoms with E-state index < -0.39 is 30.1 Å². The van der Waals surface area contributed by atoms with Gasteiger partial charge in [0.2, 0.25) is 11.8 Å². The van der Waals surface area contributed by atoms with Crippen LogP contribution in [-0.4, -0.2) is 60.1 Å². The van der Waals surface area contributed by atoms with Crippen LogP contribution in [0.2, 0.25) is 5.02 Å². The molecule has 1 fully saturated rings. The fourth-order valence-corrected chi connectivity index (χ4v) is 4.18. The molecule has 1 saturated carbocycles. The minimum absolute atomic E-state index is 0.0193. The molecule has 0 radical (unpaired) electrons. The summed E-state index contributed by atoms with van der Waals surface area (Å²) in [6.45, 7) is -0.0193. The van der Waals surface area contributed by atoms with Crippen LogP contribution in [0.1, 0.15) is 56.9 Å². The second-order valence-corrected chi connectivity index (χ2v) is 9.31. The molecule has 9 nitrogen and oxygen atoms in total. The minimum Gasteiger partial charge on any atom is -0.480 e. The predicted molar refractivity (Wildman–Crippen MR) is 127 cm³/mol. The lowest BCUT2D eigenvalue weighted by Crippen LogP contribution is -2.52. The first-order chi connectivity index (χ1) is 16.2. The van der Waals surface area contributed by atoms with E-state index in [4.69, 9.17) is 16.3 Å². The second-order valence-electron chi connectivity index (χ2n) is 8.87. The first kappa shape index (κ1) is 27.4. The van der Waals surface area contributed by atoms with E-state index >= 15 is 0 Å². The monoisotopic (exact) mass is 495 g/mol. The van der Waals surface area contributed by atoms with Crippen LogP contribution in [0.3, 0.4) is 0 Å². The van der Waals surface area contributed by atoms with E-state index in [1.54, 1.807) is 38.4 Å². The van der Waals surface area contributed by atoms with Crippen LogP contribution in [0.15, 0.2) is 24.3 Å². The number of nitrogens with one attached hydrogen (secondary N) is 2. The Hall–Kier alpha value is -2.81. The van der Waals surface area contributed by atoms with Crippen molar-refractivity contribution in [3.05, 3.63) is 34.9 Å². The minimum atomic E-state index is -1.24. The lowest BCUT2D eigenvalue weighted by atomic mass is 9.84. The summed E-state index contributed by atoms with van der Waals surface area (Å²) in [5, 5.41) is 15.1. The molecule has 0 unspecified atom stereocenters. The Morgan fingerprint density at radius 2 is 1.82 bits per heavy atom. The summed E-state index contributed by atoms with van der Waals surface area (Å²) in [4.78, 5) is 50.3. The fourth-order valence-electron chi connectivity index (χ4n) is 3.97. The number of nitrogens with zero attached hydrogens (tertiary/aromatic N) is 1. The Kier molecular flexibility index (Phi) is 11.1. The van der Waals surface area contributed by atoms with Crippen molar-refractivity contribution in [1.82, 2.24) is 15.5 Å². The van der Waals surface area contributed by atoms with Crippen molar-refractivity contribution in [3.8, 4) is 0 Å². The molecular formula is C24H34ClN3O6. The van der Waals surface area contributed by atoms with Crippen molar-refractivity contribution < 1.29 is 29.0 Å². The Morgan fingerprint density at radius 3 is 2.44 bits per heavy atom. The number of carbonyl (C=O) groups is 4. The molecule has 2 rings (SSSR count). The van der Waals surface area contributed by atoms with Gasteiger partial charge in [0, 0.05) is 25.5 Å². The zero-order valence-corrected chi connectivity index (χ0v) is 20.5. The third kappa shape index (κ3) is 9.59. The number of hydrogen-bond donors (Lipinski definition) is 3. The van der Waals surface area contributed by atoms with Gasteiger partial charge in [0.1, 0.15) is 18.7 Å². The second kappa shape index (κ2) is 13.8. The summed E-state index contributed by atoms with van der Waals surface area (Å²) in [5.74, 6) is -1.83. The average Bonchev–Trinajstić information content (AvgIpc) is 2.80. The lowest BCUT2D eigenvalue weighted by Gasteiger charge is -2.27. The molecule has 0 aromatic heterocycles. The van der Waals surface area contributed by atoms with Crippen LogP contribution < -0.4 is 10.6 Å². The highest BCUT2D eigenvalue weighted by Crippen LogP contribution is 2.27. The number of amides is 3. The van der Waals surface area contributed by atoms with Gasteiger partial charge < -0.3 is 25.4 Å². The fraction of sp³-hybridized carbons (Fsp3) is 0.583. The maximum Gasteiger partial charge on any atom is 0.408 e. The molecule has 188 valence electrons. The van der Waals surface area contributed by atoms with E-state index in [9.17, 15) is 24.3 Å². The highest BCUT2D eigenvalue weighted by atomic mass is 35.5. The van der Waals surface area contributed by atoms with Crippen LogP contribution in [0.4, 0.5) is 4.79 Å². The van der Waals surface area contributed by atoms with Gasteiger partial charge in [0.15, 0.2) is 0 Å². The number of carboxylic acid groups (broad SMARTS) is 1. The van der Waals surface area contributed by atoms with Crippen molar-refractivity contribution in [1.29, 1.82) is 0 Å². The zero-order valence-electron chi connectivity index (χ0n) is 19.7. The standard InChI is InChI=1S/C24H34ClN3O6/c1-28(2)21(29)12-11-19(23(31)32)26-22(30)20(14-16-7-4-3-5-8-16)27-24(33)34-15-17-9-6-10-18(25)13-17/h6,9-10,13,16,19-20H,3-5,7-8,11-12,14-15H2,1-2H3,(H,26,30)(H,27,33)(H,31,32)/t19-,20-/m0/s1. The normalized spacial score (nSPS) is 15.6. The van der Waals surface area contributed by atoms with Gasteiger partial charge in [-0.1, -0.05) is 55.8 Å². The molecule has 0 heterocycles. The summed E-state index contributed by atoms with van der Waals surface area (Å²) in [6, 6.07) is 4.70. The molecule has 1 aromatic rings. The largest absolute Gasteiger partial charge is 0.480 e. The number of hydrogen-bond acceptors (Lipinski definition) is 5. The topological polar surface area (TPSA) is 125 Å². The number of benzene rings is 1. The summed E-state index contributed by atoms with van der Waals surface area (Å²) >= 11 is 5.95. The Balaban J connectivity index is 2.01. The van der Waals surface area contributed by atoms with Crippen LogP contribution in [0, 0.1) is 5.92 Å². The van der Waals surface area contributed by atoms with Crippen LogP contribution in [0.25, 0.3) is 0 Å². The van der Waals surface area contributed by atoms with Crippen LogP contribution in [0.5, 0.6) is 0 Å². The van der Waals surface area contributed by atoms with Crippen molar-refractivity contribution in [2.24, 2.45) is 5.92 Å². The zero-order chi connectivity index (χ0) is 25.1. The molecule has 10 heteroatoms. The van der Waals surface area contributed by atoms with Gasteiger partial charge in [-0.05, 0) is 36.5 Å². The molecule has 1 aromatic carbocycles.